The Labute approximate surface area is 149 Å². The molecule has 0 spiro atoms. The van der Waals surface area contributed by atoms with E-state index in [1.54, 1.807) is 63.8 Å². The second-order valence-corrected chi connectivity index (χ2v) is 5.27. The lowest BCUT2D eigenvalue weighted by molar-refractivity contribution is 0.355. The van der Waals surface area contributed by atoms with Gasteiger partial charge in [0.1, 0.15) is 5.75 Å². The number of nitrogens with one attached hydrogen (secondary N) is 2. The predicted octanol–water partition coefficient (Wildman–Crippen LogP) is 2.60. The Hall–Kier alpha value is -3.55. The predicted molar refractivity (Wildman–Crippen MR) is 97.5 cm³/mol. The summed E-state index contributed by atoms with van der Waals surface area (Å²) >= 11 is 0. The summed E-state index contributed by atoms with van der Waals surface area (Å²) in [7, 11) is 4.69. The third-order valence-electron chi connectivity index (χ3n) is 3.71. The zero-order valence-corrected chi connectivity index (χ0v) is 14.6. The number of ether oxygens (including phenoxy) is 3. The largest absolute Gasteiger partial charge is 0.497 e. The second kappa shape index (κ2) is 7.56. The van der Waals surface area contributed by atoms with E-state index in [0.717, 1.165) is 0 Å². The van der Waals surface area contributed by atoms with Gasteiger partial charge < -0.3 is 19.5 Å². The minimum atomic E-state index is -0.354. The van der Waals surface area contributed by atoms with Crippen molar-refractivity contribution in [1.82, 2.24) is 15.2 Å². The molecule has 0 bridgehead atoms. The van der Waals surface area contributed by atoms with Crippen LogP contribution in [-0.4, -0.2) is 36.5 Å². The van der Waals surface area contributed by atoms with Gasteiger partial charge in [0.05, 0.1) is 21.3 Å². The first-order valence-corrected chi connectivity index (χ1v) is 7.75. The molecule has 2 aromatic carbocycles. The van der Waals surface area contributed by atoms with Gasteiger partial charge >= 0.3 is 0 Å². The molecule has 1 aromatic heterocycles. The Morgan fingerprint density at radius 3 is 2.23 bits per heavy atom. The fraction of sp³-hybridized carbons (Fsp3) is 0.167. The maximum atomic E-state index is 12.3. The quantitative estimate of drug-likeness (QED) is 0.702. The van der Waals surface area contributed by atoms with Crippen LogP contribution < -0.4 is 25.1 Å². The lowest BCUT2D eigenvalue weighted by atomic mass is 10.1. The number of anilines is 2. The normalized spacial score (nSPS) is 10.3. The van der Waals surface area contributed by atoms with Gasteiger partial charge in [-0.05, 0) is 36.4 Å². The average molecular weight is 354 g/mol. The van der Waals surface area contributed by atoms with Gasteiger partial charge in [-0.2, -0.15) is 0 Å². The van der Waals surface area contributed by atoms with E-state index in [1.807, 2.05) is 0 Å². The van der Waals surface area contributed by atoms with Crippen LogP contribution in [0.25, 0.3) is 11.3 Å². The molecule has 0 radical (unpaired) electrons. The summed E-state index contributed by atoms with van der Waals surface area (Å²) in [6, 6.07) is 12.3. The van der Waals surface area contributed by atoms with E-state index in [0.29, 0.717) is 28.5 Å². The van der Waals surface area contributed by atoms with Gasteiger partial charge in [-0.1, -0.05) is 0 Å². The Morgan fingerprint density at radius 1 is 0.885 bits per heavy atom. The van der Waals surface area contributed by atoms with E-state index in [9.17, 15) is 4.79 Å². The summed E-state index contributed by atoms with van der Waals surface area (Å²) in [6.45, 7) is 0. The Bertz CT molecular complexity index is 954. The third-order valence-corrected chi connectivity index (χ3v) is 3.71. The standard InChI is InChI=1S/C18H18N4O4/c1-24-13-7-4-11(5-8-13)16-17(23)20-18(22-21-16)19-12-6-9-14(25-2)15(10-12)26-3/h4-10H,1-3H3,(H2,19,20,22,23). The van der Waals surface area contributed by atoms with E-state index < -0.39 is 0 Å². The SMILES string of the molecule is COc1ccc(-c2nnc(Nc3ccc(OC)c(OC)c3)[nH]c2=O)cc1. The number of aromatic nitrogens is 3. The Kier molecular flexibility index (Phi) is 5.02. The molecule has 0 saturated heterocycles. The molecule has 0 atom stereocenters. The van der Waals surface area contributed by atoms with E-state index in [2.05, 4.69) is 20.5 Å². The molecule has 8 nitrogen and oxygen atoms in total. The maximum absolute atomic E-state index is 12.3. The van der Waals surface area contributed by atoms with Crippen molar-refractivity contribution in [3.05, 3.63) is 52.8 Å². The Morgan fingerprint density at radius 2 is 1.62 bits per heavy atom. The van der Waals surface area contributed by atoms with Crippen LogP contribution in [0.5, 0.6) is 17.2 Å². The first-order valence-electron chi connectivity index (χ1n) is 7.75. The van der Waals surface area contributed by atoms with Gasteiger partial charge in [-0.15, -0.1) is 10.2 Å². The van der Waals surface area contributed by atoms with E-state index in [-0.39, 0.29) is 17.2 Å². The Balaban J connectivity index is 1.84. The van der Waals surface area contributed by atoms with Crippen molar-refractivity contribution >= 4 is 11.6 Å². The number of H-pyrrole nitrogens is 1. The highest BCUT2D eigenvalue weighted by atomic mass is 16.5. The van der Waals surface area contributed by atoms with Crippen molar-refractivity contribution in [3.8, 4) is 28.5 Å². The van der Waals surface area contributed by atoms with Crippen LogP contribution in [0.1, 0.15) is 0 Å². The number of benzene rings is 2. The van der Waals surface area contributed by atoms with Gasteiger partial charge in [0.2, 0.25) is 5.95 Å². The van der Waals surface area contributed by atoms with Crippen LogP contribution in [-0.2, 0) is 0 Å². The topological polar surface area (TPSA) is 98.4 Å². The monoisotopic (exact) mass is 354 g/mol. The minimum absolute atomic E-state index is 0.222. The fourth-order valence-electron chi connectivity index (χ4n) is 2.38. The molecule has 0 aliphatic rings. The molecule has 0 aliphatic carbocycles. The molecule has 134 valence electrons. The van der Waals surface area contributed by atoms with Crippen molar-refractivity contribution < 1.29 is 14.2 Å². The number of hydrogen-bond donors (Lipinski definition) is 2. The van der Waals surface area contributed by atoms with Crippen LogP contribution in [0.15, 0.2) is 47.3 Å². The zero-order chi connectivity index (χ0) is 18.5. The van der Waals surface area contributed by atoms with Crippen molar-refractivity contribution in [2.24, 2.45) is 0 Å². The summed E-state index contributed by atoms with van der Waals surface area (Å²) < 4.78 is 15.6. The summed E-state index contributed by atoms with van der Waals surface area (Å²) in [5.41, 5.74) is 1.20. The van der Waals surface area contributed by atoms with Crippen molar-refractivity contribution in [2.75, 3.05) is 26.6 Å². The lowest BCUT2D eigenvalue weighted by Crippen LogP contribution is -2.15. The first kappa shape index (κ1) is 17.3. The average Bonchev–Trinajstić information content (AvgIpc) is 2.68. The van der Waals surface area contributed by atoms with Crippen molar-refractivity contribution in [3.63, 3.8) is 0 Å². The van der Waals surface area contributed by atoms with Crippen LogP contribution in [0.2, 0.25) is 0 Å². The molecule has 26 heavy (non-hydrogen) atoms. The van der Waals surface area contributed by atoms with Crippen LogP contribution in [0, 0.1) is 0 Å². The molecule has 8 heteroatoms. The van der Waals surface area contributed by atoms with Crippen LogP contribution in [0.4, 0.5) is 11.6 Å². The third kappa shape index (κ3) is 3.59. The number of methoxy groups -OCH3 is 3. The number of rotatable bonds is 6. The van der Waals surface area contributed by atoms with Gasteiger partial charge in [-0.3, -0.25) is 9.78 Å². The summed E-state index contributed by atoms with van der Waals surface area (Å²) in [5.74, 6) is 2.08. The number of aromatic amines is 1. The molecule has 1 heterocycles. The summed E-state index contributed by atoms with van der Waals surface area (Å²) in [4.78, 5) is 15.0. The van der Waals surface area contributed by atoms with Crippen molar-refractivity contribution in [2.45, 2.75) is 0 Å². The molecule has 3 rings (SSSR count). The molecule has 0 saturated carbocycles. The second-order valence-electron chi connectivity index (χ2n) is 5.27. The van der Waals surface area contributed by atoms with E-state index >= 15 is 0 Å². The molecular weight excluding hydrogens is 336 g/mol. The van der Waals surface area contributed by atoms with Gasteiger partial charge in [0, 0.05) is 17.3 Å². The molecular formula is C18H18N4O4. The molecule has 0 amide bonds. The molecule has 2 N–H and O–H groups in total. The van der Waals surface area contributed by atoms with Gasteiger partial charge in [0.15, 0.2) is 17.2 Å². The highest BCUT2D eigenvalue weighted by Gasteiger charge is 2.09. The van der Waals surface area contributed by atoms with Gasteiger partial charge in [-0.25, -0.2) is 0 Å². The fourth-order valence-corrected chi connectivity index (χ4v) is 2.38. The summed E-state index contributed by atoms with van der Waals surface area (Å²) in [6.07, 6.45) is 0. The van der Waals surface area contributed by atoms with E-state index in [1.165, 1.54) is 0 Å². The van der Waals surface area contributed by atoms with Crippen LogP contribution in [0.3, 0.4) is 0 Å². The van der Waals surface area contributed by atoms with Crippen molar-refractivity contribution in [1.29, 1.82) is 0 Å². The molecule has 0 fully saturated rings. The first-order chi connectivity index (χ1) is 12.6. The molecule has 0 unspecified atom stereocenters. The highest BCUT2D eigenvalue weighted by Crippen LogP contribution is 2.30. The van der Waals surface area contributed by atoms with E-state index in [4.69, 9.17) is 14.2 Å². The molecule has 0 aliphatic heterocycles. The lowest BCUT2D eigenvalue weighted by Gasteiger charge is -2.10. The number of hydrogen-bond acceptors (Lipinski definition) is 7. The van der Waals surface area contributed by atoms with Crippen LogP contribution >= 0.6 is 0 Å². The number of nitrogens with zero attached hydrogens (tertiary/aromatic N) is 2. The zero-order valence-electron chi connectivity index (χ0n) is 14.6. The highest BCUT2D eigenvalue weighted by molar-refractivity contribution is 5.61. The smallest absolute Gasteiger partial charge is 0.279 e. The minimum Gasteiger partial charge on any atom is -0.497 e. The summed E-state index contributed by atoms with van der Waals surface area (Å²) in [5, 5.41) is 11.0. The van der Waals surface area contributed by atoms with Gasteiger partial charge in [0.25, 0.3) is 5.56 Å². The molecule has 3 aromatic rings. The maximum Gasteiger partial charge on any atom is 0.279 e.